The molecule has 0 radical (unpaired) electrons. The zero-order chi connectivity index (χ0) is 23.1. The van der Waals surface area contributed by atoms with Crippen LogP contribution in [-0.4, -0.2) is 23.2 Å². The standard InChI is InChI=1S/C24H24N6O2/c1-15(19-5-3-7-21(25)13-19)27-29-23(31)17-9-11-18(12-10-17)24(32)30-28-16(2)20-6-4-8-22(26)14-20/h3-14H,25-26H2,1-2H3,(H,29,31)(H,30,32)/b27-15+,28-16+. The molecule has 6 N–H and O–H groups in total. The molecule has 0 unspecified atom stereocenters. The van der Waals surface area contributed by atoms with Gasteiger partial charge >= 0.3 is 0 Å². The second kappa shape index (κ2) is 10.0. The Morgan fingerprint density at radius 3 is 1.34 bits per heavy atom. The maximum Gasteiger partial charge on any atom is 0.271 e. The number of hydrogen-bond acceptors (Lipinski definition) is 6. The summed E-state index contributed by atoms with van der Waals surface area (Å²) in [4.78, 5) is 24.7. The molecule has 0 spiro atoms. The van der Waals surface area contributed by atoms with Crippen molar-refractivity contribution in [3.63, 3.8) is 0 Å². The monoisotopic (exact) mass is 428 g/mol. The molecule has 162 valence electrons. The number of nitrogens with two attached hydrogens (primary N) is 2. The van der Waals surface area contributed by atoms with Gasteiger partial charge in [-0.2, -0.15) is 10.2 Å². The molecule has 32 heavy (non-hydrogen) atoms. The van der Waals surface area contributed by atoms with Crippen LogP contribution in [0.25, 0.3) is 0 Å². The van der Waals surface area contributed by atoms with Gasteiger partial charge in [-0.15, -0.1) is 0 Å². The van der Waals surface area contributed by atoms with E-state index in [4.69, 9.17) is 11.5 Å². The van der Waals surface area contributed by atoms with Gasteiger partial charge in [0.05, 0.1) is 11.4 Å². The molecule has 0 aromatic heterocycles. The zero-order valence-corrected chi connectivity index (χ0v) is 17.8. The Balaban J connectivity index is 1.61. The molecule has 0 heterocycles. The first-order valence-corrected chi connectivity index (χ1v) is 9.84. The highest BCUT2D eigenvalue weighted by molar-refractivity contribution is 6.03. The normalized spacial score (nSPS) is 11.7. The Morgan fingerprint density at radius 2 is 1.00 bits per heavy atom. The SMILES string of the molecule is C/C(=N\NC(=O)c1ccc(C(=O)N/N=C(\C)c2cccc(N)c2)cc1)c1cccc(N)c1. The van der Waals surface area contributed by atoms with E-state index in [-0.39, 0.29) is 0 Å². The Labute approximate surface area is 186 Å². The molecule has 0 atom stereocenters. The first kappa shape index (κ1) is 22.2. The van der Waals surface area contributed by atoms with Crippen LogP contribution in [0, 0.1) is 0 Å². The lowest BCUT2D eigenvalue weighted by Crippen LogP contribution is -2.21. The molecule has 0 saturated heterocycles. The van der Waals surface area contributed by atoms with Gasteiger partial charge in [0, 0.05) is 22.5 Å². The molecule has 0 aliphatic heterocycles. The average molecular weight is 428 g/mol. The highest BCUT2D eigenvalue weighted by Crippen LogP contribution is 2.09. The largest absolute Gasteiger partial charge is 0.399 e. The number of nitrogens with zero attached hydrogens (tertiary/aromatic N) is 2. The van der Waals surface area contributed by atoms with Gasteiger partial charge in [-0.1, -0.05) is 24.3 Å². The van der Waals surface area contributed by atoms with Crippen LogP contribution in [0.5, 0.6) is 0 Å². The van der Waals surface area contributed by atoms with Crippen LogP contribution >= 0.6 is 0 Å². The van der Waals surface area contributed by atoms with Crippen molar-refractivity contribution in [3.8, 4) is 0 Å². The Kier molecular flexibility index (Phi) is 6.97. The third-order valence-corrected chi connectivity index (χ3v) is 4.67. The molecule has 0 aliphatic rings. The number of carbonyl (C=O) groups excluding carboxylic acids is 2. The molecule has 3 aromatic carbocycles. The molecule has 0 bridgehead atoms. The van der Waals surface area contributed by atoms with Crippen molar-refractivity contribution >= 4 is 34.6 Å². The van der Waals surface area contributed by atoms with Crippen LogP contribution in [0.2, 0.25) is 0 Å². The summed E-state index contributed by atoms with van der Waals surface area (Å²) in [5.74, 6) is -0.786. The topological polar surface area (TPSA) is 135 Å². The number of rotatable bonds is 6. The van der Waals surface area contributed by atoms with Crippen LogP contribution in [0.3, 0.4) is 0 Å². The van der Waals surface area contributed by atoms with E-state index < -0.39 is 11.8 Å². The summed E-state index contributed by atoms with van der Waals surface area (Å²) in [6, 6.07) is 20.6. The Morgan fingerprint density at radius 1 is 0.625 bits per heavy atom. The van der Waals surface area contributed by atoms with Gasteiger partial charge < -0.3 is 11.5 Å². The van der Waals surface area contributed by atoms with Crippen molar-refractivity contribution in [2.75, 3.05) is 11.5 Å². The van der Waals surface area contributed by atoms with Crippen molar-refractivity contribution in [2.45, 2.75) is 13.8 Å². The molecule has 0 aliphatic carbocycles. The van der Waals surface area contributed by atoms with Crippen molar-refractivity contribution in [1.82, 2.24) is 10.9 Å². The smallest absolute Gasteiger partial charge is 0.271 e. The van der Waals surface area contributed by atoms with Crippen molar-refractivity contribution in [3.05, 3.63) is 95.1 Å². The summed E-state index contributed by atoms with van der Waals surface area (Å²) in [7, 11) is 0. The zero-order valence-electron chi connectivity index (χ0n) is 17.8. The van der Waals surface area contributed by atoms with E-state index in [9.17, 15) is 9.59 Å². The maximum absolute atomic E-state index is 12.4. The molecule has 8 nitrogen and oxygen atoms in total. The number of carbonyl (C=O) groups is 2. The number of hydrazone groups is 2. The molecule has 3 rings (SSSR count). The summed E-state index contributed by atoms with van der Waals surface area (Å²) >= 11 is 0. The third kappa shape index (κ3) is 5.79. The predicted molar refractivity (Wildman–Crippen MR) is 128 cm³/mol. The van der Waals surface area contributed by atoms with E-state index in [1.54, 1.807) is 62.4 Å². The summed E-state index contributed by atoms with van der Waals surface area (Å²) in [5.41, 5.74) is 21.4. The van der Waals surface area contributed by atoms with Gasteiger partial charge in [0.15, 0.2) is 0 Å². The van der Waals surface area contributed by atoms with E-state index in [0.717, 1.165) is 11.1 Å². The van der Waals surface area contributed by atoms with E-state index in [2.05, 4.69) is 21.1 Å². The highest BCUT2D eigenvalue weighted by atomic mass is 16.2. The quantitative estimate of drug-likeness (QED) is 0.272. The van der Waals surface area contributed by atoms with Crippen LogP contribution in [-0.2, 0) is 0 Å². The van der Waals surface area contributed by atoms with Gasteiger partial charge in [-0.25, -0.2) is 10.9 Å². The fourth-order valence-electron chi connectivity index (χ4n) is 2.83. The van der Waals surface area contributed by atoms with Crippen molar-refractivity contribution < 1.29 is 9.59 Å². The molecule has 0 fully saturated rings. The molecular formula is C24H24N6O2. The lowest BCUT2D eigenvalue weighted by molar-refractivity contribution is 0.0943. The number of hydrogen-bond donors (Lipinski definition) is 4. The second-order valence-electron chi connectivity index (χ2n) is 7.10. The predicted octanol–water partition coefficient (Wildman–Crippen LogP) is 3.16. The summed E-state index contributed by atoms with van der Waals surface area (Å²) in [6.45, 7) is 3.55. The van der Waals surface area contributed by atoms with Crippen LogP contribution in [0.4, 0.5) is 11.4 Å². The number of amides is 2. The second-order valence-corrected chi connectivity index (χ2v) is 7.10. The molecule has 3 aromatic rings. The van der Waals surface area contributed by atoms with Crippen molar-refractivity contribution in [1.29, 1.82) is 0 Å². The minimum absolute atomic E-state index is 0.366. The van der Waals surface area contributed by atoms with Gasteiger partial charge in [-0.3, -0.25) is 9.59 Å². The van der Waals surface area contributed by atoms with E-state index in [1.807, 2.05) is 24.3 Å². The summed E-state index contributed by atoms with van der Waals surface area (Å²) < 4.78 is 0. The number of nitrogens with one attached hydrogen (secondary N) is 2. The first-order valence-electron chi connectivity index (χ1n) is 9.84. The summed E-state index contributed by atoms with van der Waals surface area (Å²) in [6.07, 6.45) is 0. The molecule has 2 amide bonds. The van der Waals surface area contributed by atoms with E-state index in [1.165, 1.54) is 0 Å². The fraction of sp³-hybridized carbons (Fsp3) is 0.0833. The Hall–Kier alpha value is -4.46. The van der Waals surface area contributed by atoms with E-state index >= 15 is 0 Å². The number of anilines is 2. The average Bonchev–Trinajstić information content (AvgIpc) is 2.80. The minimum atomic E-state index is -0.393. The van der Waals surface area contributed by atoms with Gasteiger partial charge in [0.1, 0.15) is 0 Å². The third-order valence-electron chi connectivity index (χ3n) is 4.67. The molecule has 0 saturated carbocycles. The lowest BCUT2D eigenvalue weighted by Gasteiger charge is -2.06. The van der Waals surface area contributed by atoms with Crippen LogP contribution in [0.1, 0.15) is 45.7 Å². The minimum Gasteiger partial charge on any atom is -0.399 e. The molecule has 8 heteroatoms. The van der Waals surface area contributed by atoms with Gasteiger partial charge in [0.25, 0.3) is 11.8 Å². The van der Waals surface area contributed by atoms with Crippen LogP contribution < -0.4 is 22.3 Å². The van der Waals surface area contributed by atoms with E-state index in [0.29, 0.717) is 33.9 Å². The lowest BCUT2D eigenvalue weighted by atomic mass is 10.1. The van der Waals surface area contributed by atoms with Gasteiger partial charge in [-0.05, 0) is 73.5 Å². The Bertz CT molecular complexity index is 1100. The highest BCUT2D eigenvalue weighted by Gasteiger charge is 2.09. The first-order chi connectivity index (χ1) is 15.3. The fourth-order valence-corrected chi connectivity index (χ4v) is 2.83. The van der Waals surface area contributed by atoms with Crippen LogP contribution in [0.15, 0.2) is 83.0 Å². The summed E-state index contributed by atoms with van der Waals surface area (Å²) in [5, 5.41) is 8.22. The molecular weight excluding hydrogens is 404 g/mol. The number of benzene rings is 3. The number of nitrogen functional groups attached to an aromatic ring is 2. The van der Waals surface area contributed by atoms with Gasteiger partial charge in [0.2, 0.25) is 0 Å². The maximum atomic E-state index is 12.4. The van der Waals surface area contributed by atoms with Crippen molar-refractivity contribution in [2.24, 2.45) is 10.2 Å².